The van der Waals surface area contributed by atoms with Crippen molar-refractivity contribution in [2.24, 2.45) is 0 Å². The van der Waals surface area contributed by atoms with E-state index in [4.69, 9.17) is 4.55 Å². The highest BCUT2D eigenvalue weighted by Gasteiger charge is 1.98. The lowest BCUT2D eigenvalue weighted by atomic mass is 10.1. The van der Waals surface area contributed by atoms with Crippen molar-refractivity contribution in [1.29, 1.82) is 0 Å². The Kier molecular flexibility index (Phi) is 3.43. The molecule has 0 spiro atoms. The second kappa shape index (κ2) is 4.39. The van der Waals surface area contributed by atoms with E-state index >= 15 is 0 Å². The minimum absolute atomic E-state index is 0.346. The van der Waals surface area contributed by atoms with Gasteiger partial charge in [-0.05, 0) is 12.5 Å². The van der Waals surface area contributed by atoms with Crippen LogP contribution in [0, 0.1) is 6.92 Å². The van der Waals surface area contributed by atoms with Crippen LogP contribution >= 0.6 is 0 Å². The summed E-state index contributed by atoms with van der Waals surface area (Å²) < 4.78 is 29.2. The summed E-state index contributed by atoms with van der Waals surface area (Å²) in [4.78, 5) is 0. The topological polar surface area (TPSA) is 54.4 Å². The number of benzene rings is 1. The van der Waals surface area contributed by atoms with Crippen molar-refractivity contribution < 1.29 is 13.0 Å². The first-order valence-electron chi connectivity index (χ1n) is 4.16. The van der Waals surface area contributed by atoms with E-state index in [1.807, 2.05) is 31.2 Å². The Morgan fingerprint density at radius 2 is 1.86 bits per heavy atom. The molecule has 0 fully saturated rings. The van der Waals surface area contributed by atoms with Gasteiger partial charge in [0.2, 0.25) is 0 Å². The van der Waals surface area contributed by atoms with Crippen molar-refractivity contribution in [3.05, 3.63) is 41.5 Å². The molecule has 0 aliphatic carbocycles. The molecular weight excluding hydrogens is 200 g/mol. The van der Waals surface area contributed by atoms with Crippen LogP contribution in [0.3, 0.4) is 0 Å². The molecule has 1 N–H and O–H groups in total. The average Bonchev–Trinajstić information content (AvgIpc) is 2.06. The summed E-state index contributed by atoms with van der Waals surface area (Å²) in [5, 5.41) is 0. The van der Waals surface area contributed by atoms with Gasteiger partial charge in [0, 0.05) is 0 Å². The summed E-state index contributed by atoms with van der Waals surface area (Å²) in [6.45, 7) is 1.98. The summed E-state index contributed by atoms with van der Waals surface area (Å²) in [7, 11) is -3.89. The molecule has 1 aromatic rings. The average molecular weight is 212 g/mol. The highest BCUT2D eigenvalue weighted by molar-refractivity contribution is 7.85. The fourth-order valence-corrected chi connectivity index (χ4v) is 1.32. The van der Waals surface area contributed by atoms with Gasteiger partial charge >= 0.3 is 0 Å². The Labute approximate surface area is 83.8 Å². The van der Waals surface area contributed by atoms with Gasteiger partial charge in [-0.15, -0.1) is 0 Å². The van der Waals surface area contributed by atoms with Gasteiger partial charge in [0.25, 0.3) is 10.1 Å². The van der Waals surface area contributed by atoms with E-state index < -0.39 is 10.1 Å². The summed E-state index contributed by atoms with van der Waals surface area (Å²) in [5.74, 6) is -0.346. The SMILES string of the molecule is Cc1ccc(/C=C/CS(=O)(=O)O)cc1. The quantitative estimate of drug-likeness (QED) is 0.778. The van der Waals surface area contributed by atoms with Crippen LogP contribution in [0.1, 0.15) is 11.1 Å². The molecule has 3 nitrogen and oxygen atoms in total. The Morgan fingerprint density at radius 1 is 1.29 bits per heavy atom. The molecule has 0 aliphatic heterocycles. The van der Waals surface area contributed by atoms with Gasteiger partial charge in [-0.25, -0.2) is 0 Å². The van der Waals surface area contributed by atoms with Crippen LogP contribution in [0.2, 0.25) is 0 Å². The lowest BCUT2D eigenvalue weighted by molar-refractivity contribution is 0.487. The van der Waals surface area contributed by atoms with E-state index in [9.17, 15) is 8.42 Å². The predicted octanol–water partition coefficient (Wildman–Crippen LogP) is 1.90. The number of hydrogen-bond acceptors (Lipinski definition) is 2. The fourth-order valence-electron chi connectivity index (χ4n) is 0.983. The lowest BCUT2D eigenvalue weighted by Crippen LogP contribution is -1.99. The second-order valence-electron chi connectivity index (χ2n) is 3.06. The van der Waals surface area contributed by atoms with E-state index in [-0.39, 0.29) is 5.75 Å². The fraction of sp³-hybridized carbons (Fsp3) is 0.200. The van der Waals surface area contributed by atoms with E-state index in [1.54, 1.807) is 6.08 Å². The van der Waals surface area contributed by atoms with Crippen molar-refractivity contribution >= 4 is 16.2 Å². The molecule has 14 heavy (non-hydrogen) atoms. The van der Waals surface area contributed by atoms with Gasteiger partial charge in [-0.1, -0.05) is 42.0 Å². The highest BCUT2D eigenvalue weighted by atomic mass is 32.2. The Balaban J connectivity index is 2.65. The molecule has 4 heteroatoms. The number of rotatable bonds is 3. The molecule has 0 saturated heterocycles. The van der Waals surface area contributed by atoms with Gasteiger partial charge in [0.05, 0.1) is 5.75 Å². The molecule has 0 unspecified atom stereocenters. The van der Waals surface area contributed by atoms with E-state index in [0.717, 1.165) is 11.1 Å². The first-order chi connectivity index (χ1) is 6.47. The maximum atomic E-state index is 10.4. The number of aryl methyl sites for hydroxylation is 1. The molecule has 0 saturated carbocycles. The first-order valence-corrected chi connectivity index (χ1v) is 5.77. The highest BCUT2D eigenvalue weighted by Crippen LogP contribution is 2.04. The molecule has 0 heterocycles. The zero-order valence-corrected chi connectivity index (χ0v) is 8.66. The van der Waals surface area contributed by atoms with Crippen molar-refractivity contribution in [3.8, 4) is 0 Å². The maximum absolute atomic E-state index is 10.4. The van der Waals surface area contributed by atoms with Crippen molar-refractivity contribution in [2.45, 2.75) is 6.92 Å². The van der Waals surface area contributed by atoms with Gasteiger partial charge in [0.15, 0.2) is 0 Å². The molecule has 0 aliphatic rings. The minimum atomic E-state index is -3.89. The molecule has 0 bridgehead atoms. The third kappa shape index (κ3) is 4.20. The van der Waals surface area contributed by atoms with Crippen molar-refractivity contribution in [1.82, 2.24) is 0 Å². The standard InChI is InChI=1S/C10H12O3S/c1-9-4-6-10(7-5-9)3-2-8-14(11,12)13/h2-7H,8H2,1H3,(H,11,12,13)/b3-2+. The van der Waals surface area contributed by atoms with Crippen LogP contribution in [0.5, 0.6) is 0 Å². The Bertz CT molecular complexity index is 415. The molecule has 76 valence electrons. The smallest absolute Gasteiger partial charge is 0.268 e. The Morgan fingerprint density at radius 3 is 2.36 bits per heavy atom. The molecular formula is C10H12O3S. The third-order valence-electron chi connectivity index (χ3n) is 1.69. The van der Waals surface area contributed by atoms with E-state index in [1.165, 1.54) is 6.08 Å². The van der Waals surface area contributed by atoms with Crippen LogP contribution in [-0.4, -0.2) is 18.7 Å². The molecule has 0 amide bonds. The van der Waals surface area contributed by atoms with Gasteiger partial charge in [-0.3, -0.25) is 4.55 Å². The van der Waals surface area contributed by atoms with Crippen LogP contribution in [-0.2, 0) is 10.1 Å². The van der Waals surface area contributed by atoms with Crippen molar-refractivity contribution in [2.75, 3.05) is 5.75 Å². The van der Waals surface area contributed by atoms with Gasteiger partial charge in [0.1, 0.15) is 0 Å². The molecule has 0 atom stereocenters. The van der Waals surface area contributed by atoms with E-state index in [0.29, 0.717) is 0 Å². The second-order valence-corrected chi connectivity index (χ2v) is 4.56. The summed E-state index contributed by atoms with van der Waals surface area (Å²) in [6.07, 6.45) is 3.08. The first kappa shape index (κ1) is 10.9. The predicted molar refractivity (Wildman–Crippen MR) is 56.6 cm³/mol. The molecule has 1 aromatic carbocycles. The summed E-state index contributed by atoms with van der Waals surface area (Å²) in [5.41, 5.74) is 2.07. The lowest BCUT2D eigenvalue weighted by Gasteiger charge is -1.94. The third-order valence-corrected chi connectivity index (χ3v) is 2.31. The maximum Gasteiger partial charge on any atom is 0.268 e. The van der Waals surface area contributed by atoms with Crippen molar-refractivity contribution in [3.63, 3.8) is 0 Å². The molecule has 1 rings (SSSR count). The van der Waals surface area contributed by atoms with Gasteiger partial charge in [-0.2, -0.15) is 8.42 Å². The summed E-state index contributed by atoms with van der Waals surface area (Å²) in [6, 6.07) is 7.64. The van der Waals surface area contributed by atoms with Gasteiger partial charge < -0.3 is 0 Å². The molecule has 0 radical (unpaired) electrons. The van der Waals surface area contributed by atoms with E-state index in [2.05, 4.69) is 0 Å². The Hall–Kier alpha value is -1.13. The molecule has 0 aromatic heterocycles. The summed E-state index contributed by atoms with van der Waals surface area (Å²) >= 11 is 0. The normalized spacial score (nSPS) is 12.1. The van der Waals surface area contributed by atoms with Crippen LogP contribution < -0.4 is 0 Å². The zero-order chi connectivity index (χ0) is 10.6. The van der Waals surface area contributed by atoms with Crippen LogP contribution in [0.25, 0.3) is 6.08 Å². The monoisotopic (exact) mass is 212 g/mol. The zero-order valence-electron chi connectivity index (χ0n) is 7.84. The van der Waals surface area contributed by atoms with Crippen LogP contribution in [0.4, 0.5) is 0 Å². The van der Waals surface area contributed by atoms with Crippen LogP contribution in [0.15, 0.2) is 30.3 Å². The largest absolute Gasteiger partial charge is 0.285 e. The minimum Gasteiger partial charge on any atom is -0.285 e. The number of hydrogen-bond donors (Lipinski definition) is 1.